The molecule has 3 aliphatic rings. The first-order valence-corrected chi connectivity index (χ1v) is 18.7. The molecule has 0 radical (unpaired) electrons. The number of anilines is 3. The molecule has 1 nitrogen and oxygen atoms in total. The Hall–Kier alpha value is -5.14. The van der Waals surface area contributed by atoms with Crippen LogP contribution in [0.5, 0.6) is 0 Å². The fraction of sp³-hybridized carbons (Fsp3) is 0.224. The van der Waals surface area contributed by atoms with Crippen LogP contribution in [0.25, 0.3) is 43.8 Å². The van der Waals surface area contributed by atoms with Crippen molar-refractivity contribution in [3.05, 3.63) is 163 Å². The fourth-order valence-corrected chi connectivity index (χ4v) is 10.9. The van der Waals surface area contributed by atoms with Gasteiger partial charge in [0.05, 0.1) is 0 Å². The summed E-state index contributed by atoms with van der Waals surface area (Å²) in [6, 6.07) is 57.0. The van der Waals surface area contributed by atoms with Gasteiger partial charge in [-0.3, -0.25) is 0 Å². The lowest BCUT2D eigenvalue weighted by Gasteiger charge is -2.54. The van der Waals surface area contributed by atoms with Gasteiger partial charge in [-0.25, -0.2) is 0 Å². The second-order valence-corrected chi connectivity index (χ2v) is 15.6. The van der Waals surface area contributed by atoms with Gasteiger partial charge >= 0.3 is 0 Å². The molecule has 5 unspecified atom stereocenters. The molecule has 7 aromatic rings. The highest BCUT2D eigenvalue weighted by atomic mass is 15.1. The zero-order valence-corrected chi connectivity index (χ0v) is 29.0. The molecule has 50 heavy (non-hydrogen) atoms. The molecule has 0 N–H and O–H groups in total. The third-order valence-electron chi connectivity index (χ3n) is 12.7. The third kappa shape index (κ3) is 4.45. The lowest BCUT2D eigenvalue weighted by atomic mass is 9.49. The van der Waals surface area contributed by atoms with Crippen molar-refractivity contribution in [2.45, 2.75) is 44.9 Å². The van der Waals surface area contributed by atoms with Crippen molar-refractivity contribution < 1.29 is 0 Å². The monoisotopic (exact) mass is 645 g/mol. The van der Waals surface area contributed by atoms with Crippen LogP contribution in [0.1, 0.15) is 50.7 Å². The molecule has 244 valence electrons. The minimum absolute atomic E-state index is 0.101. The number of hydrogen-bond donors (Lipinski definition) is 0. The summed E-state index contributed by atoms with van der Waals surface area (Å²) in [4.78, 5) is 2.47. The maximum absolute atomic E-state index is 2.56. The zero-order valence-electron chi connectivity index (χ0n) is 29.0. The summed E-state index contributed by atoms with van der Waals surface area (Å²) < 4.78 is 0. The minimum atomic E-state index is 0.101. The molecule has 0 saturated heterocycles. The molecule has 0 heterocycles. The molecule has 2 saturated carbocycles. The Morgan fingerprint density at radius 3 is 2.02 bits per heavy atom. The number of nitrogens with zero attached hydrogens (tertiary/aromatic N) is 1. The van der Waals surface area contributed by atoms with Crippen LogP contribution in [0.4, 0.5) is 17.1 Å². The van der Waals surface area contributed by atoms with Gasteiger partial charge in [-0.1, -0.05) is 129 Å². The SMILES string of the molecule is CC1CC2CC(C)C3(c4ccccc4-c4cc(N(c5ccc(-c6cccc7ccccc67)cc5)c5ccc6ccccc6c5)ccc43)C(C1)C2. The summed E-state index contributed by atoms with van der Waals surface area (Å²) in [7, 11) is 0. The van der Waals surface area contributed by atoms with Crippen molar-refractivity contribution in [2.75, 3.05) is 4.90 Å². The fourth-order valence-electron chi connectivity index (χ4n) is 10.9. The van der Waals surface area contributed by atoms with Crippen molar-refractivity contribution in [3.8, 4) is 22.3 Å². The molecule has 0 amide bonds. The molecule has 2 bridgehead atoms. The maximum Gasteiger partial charge on any atom is 0.0468 e. The second-order valence-electron chi connectivity index (χ2n) is 15.6. The predicted molar refractivity (Wildman–Crippen MR) is 212 cm³/mol. The first-order valence-electron chi connectivity index (χ1n) is 18.7. The van der Waals surface area contributed by atoms with Crippen LogP contribution in [-0.4, -0.2) is 0 Å². The number of fused-ring (bicyclic) bond motifs is 10. The van der Waals surface area contributed by atoms with Crippen molar-refractivity contribution in [2.24, 2.45) is 23.7 Å². The van der Waals surface area contributed by atoms with E-state index in [-0.39, 0.29) is 5.41 Å². The topological polar surface area (TPSA) is 3.24 Å². The van der Waals surface area contributed by atoms with Crippen LogP contribution < -0.4 is 4.90 Å². The van der Waals surface area contributed by atoms with Gasteiger partial charge < -0.3 is 4.90 Å². The molecule has 1 heteroatoms. The summed E-state index contributed by atoms with van der Waals surface area (Å²) in [5, 5.41) is 5.08. The highest BCUT2D eigenvalue weighted by molar-refractivity contribution is 5.97. The van der Waals surface area contributed by atoms with E-state index >= 15 is 0 Å². The summed E-state index contributed by atoms with van der Waals surface area (Å²) >= 11 is 0. The largest absolute Gasteiger partial charge is 0.310 e. The Kier molecular flexibility index (Phi) is 6.82. The molecule has 7 aromatic carbocycles. The molecule has 0 aliphatic heterocycles. The normalized spacial score (nSPS) is 23.6. The quantitative estimate of drug-likeness (QED) is 0.184. The number of benzene rings is 7. The van der Waals surface area contributed by atoms with E-state index in [2.05, 4.69) is 170 Å². The Bertz CT molecular complexity index is 2390. The molecule has 3 aliphatic carbocycles. The molecular weight excluding hydrogens is 603 g/mol. The predicted octanol–water partition coefficient (Wildman–Crippen LogP) is 13.5. The molecular formula is C49H43N. The summed E-state index contributed by atoms with van der Waals surface area (Å²) in [5.74, 6) is 3.01. The summed E-state index contributed by atoms with van der Waals surface area (Å²) in [6.45, 7) is 5.06. The maximum atomic E-state index is 2.56. The van der Waals surface area contributed by atoms with Crippen molar-refractivity contribution in [3.63, 3.8) is 0 Å². The van der Waals surface area contributed by atoms with E-state index in [0.29, 0.717) is 11.8 Å². The van der Waals surface area contributed by atoms with E-state index in [0.717, 1.165) is 11.8 Å². The zero-order chi connectivity index (χ0) is 33.4. The van der Waals surface area contributed by atoms with Gasteiger partial charge in [-0.2, -0.15) is 0 Å². The van der Waals surface area contributed by atoms with Gasteiger partial charge in [0.2, 0.25) is 0 Å². The van der Waals surface area contributed by atoms with Crippen LogP contribution in [0.3, 0.4) is 0 Å². The van der Waals surface area contributed by atoms with Gasteiger partial charge in [0.1, 0.15) is 0 Å². The smallest absolute Gasteiger partial charge is 0.0468 e. The summed E-state index contributed by atoms with van der Waals surface area (Å²) in [5.41, 5.74) is 12.2. The van der Waals surface area contributed by atoms with Gasteiger partial charge in [0.15, 0.2) is 0 Å². The second kappa shape index (κ2) is 11.5. The Labute approximate surface area is 296 Å². The van der Waals surface area contributed by atoms with Crippen LogP contribution in [0.15, 0.2) is 152 Å². The van der Waals surface area contributed by atoms with Crippen molar-refractivity contribution in [1.82, 2.24) is 0 Å². The Balaban J connectivity index is 1.14. The van der Waals surface area contributed by atoms with E-state index in [4.69, 9.17) is 0 Å². The van der Waals surface area contributed by atoms with Gasteiger partial charge in [-0.15, -0.1) is 0 Å². The Morgan fingerprint density at radius 2 is 1.14 bits per heavy atom. The van der Waals surface area contributed by atoms with E-state index in [1.165, 1.54) is 86.5 Å². The van der Waals surface area contributed by atoms with Gasteiger partial charge in [0, 0.05) is 22.5 Å². The van der Waals surface area contributed by atoms with E-state index in [1.807, 2.05) is 0 Å². The molecule has 5 atom stereocenters. The summed E-state index contributed by atoms with van der Waals surface area (Å²) in [6.07, 6.45) is 5.45. The average molecular weight is 646 g/mol. The lowest BCUT2D eigenvalue weighted by molar-refractivity contribution is 0.0426. The van der Waals surface area contributed by atoms with Crippen LogP contribution in [0, 0.1) is 23.7 Å². The molecule has 1 spiro atoms. The first-order chi connectivity index (χ1) is 24.6. The van der Waals surface area contributed by atoms with E-state index in [9.17, 15) is 0 Å². The van der Waals surface area contributed by atoms with Gasteiger partial charge in [-0.05, 0) is 141 Å². The van der Waals surface area contributed by atoms with Gasteiger partial charge in [0.25, 0.3) is 0 Å². The van der Waals surface area contributed by atoms with E-state index in [1.54, 1.807) is 11.1 Å². The molecule has 2 fully saturated rings. The lowest BCUT2D eigenvalue weighted by Crippen LogP contribution is -2.49. The highest BCUT2D eigenvalue weighted by Crippen LogP contribution is 2.65. The van der Waals surface area contributed by atoms with Crippen LogP contribution in [0.2, 0.25) is 0 Å². The van der Waals surface area contributed by atoms with E-state index < -0.39 is 0 Å². The highest BCUT2D eigenvalue weighted by Gasteiger charge is 2.56. The minimum Gasteiger partial charge on any atom is -0.310 e. The Morgan fingerprint density at radius 1 is 0.480 bits per heavy atom. The van der Waals surface area contributed by atoms with Crippen LogP contribution in [-0.2, 0) is 5.41 Å². The number of hydrogen-bond acceptors (Lipinski definition) is 1. The number of rotatable bonds is 4. The van der Waals surface area contributed by atoms with Crippen molar-refractivity contribution in [1.29, 1.82) is 0 Å². The first kappa shape index (κ1) is 29.7. The standard InChI is InChI=1S/C49H43N/c1-32-26-34-28-33(2)49(39(27-32)29-34)47-17-8-7-15-45(47)46-31-42(24-25-48(46)49)50(41-23-18-35-10-3-4-12-38(35)30-41)40-21-19-37(20-22-40)44-16-9-13-36-11-5-6-14-43(36)44/h3-25,30-34,39H,26-29H2,1-2H3. The average Bonchev–Trinajstić information content (AvgIpc) is 3.45. The molecule has 0 aromatic heterocycles. The molecule has 10 rings (SSSR count). The third-order valence-corrected chi connectivity index (χ3v) is 12.7. The van der Waals surface area contributed by atoms with Crippen molar-refractivity contribution >= 4 is 38.6 Å². The van der Waals surface area contributed by atoms with Crippen LogP contribution >= 0.6 is 0 Å².